The van der Waals surface area contributed by atoms with Crippen molar-refractivity contribution in [3.8, 4) is 0 Å². The van der Waals surface area contributed by atoms with Crippen LogP contribution in [0.5, 0.6) is 0 Å². The lowest BCUT2D eigenvalue weighted by molar-refractivity contribution is 0.483. The first-order chi connectivity index (χ1) is 10.5. The van der Waals surface area contributed by atoms with Crippen molar-refractivity contribution in [1.82, 2.24) is 0 Å². The number of para-hydroxylation sites is 1. The molecule has 2 aromatic rings. The van der Waals surface area contributed by atoms with Crippen molar-refractivity contribution in [3.05, 3.63) is 77.5 Å². The Bertz CT molecular complexity index is 691. The molecule has 0 N–H and O–H groups in total. The van der Waals surface area contributed by atoms with Gasteiger partial charge in [-0.15, -0.1) is 0 Å². The van der Waals surface area contributed by atoms with Gasteiger partial charge in [0.25, 0.3) is 0 Å². The molecule has 1 heterocycles. The smallest absolute Gasteiger partial charge is 0.0481 e. The molecule has 3 rings (SSSR count). The Kier molecular flexibility index (Phi) is 3.82. The third-order valence-corrected chi connectivity index (χ3v) is 4.58. The Morgan fingerprint density at radius 1 is 0.864 bits per heavy atom. The highest BCUT2D eigenvalue weighted by Gasteiger charge is 2.25. The van der Waals surface area contributed by atoms with Crippen molar-refractivity contribution in [2.24, 2.45) is 5.41 Å². The number of aryl methyl sites for hydroxylation is 2. The molecule has 1 aliphatic heterocycles. The van der Waals surface area contributed by atoms with E-state index in [0.717, 1.165) is 19.4 Å². The summed E-state index contributed by atoms with van der Waals surface area (Å²) in [6.07, 6.45) is 2.20. The van der Waals surface area contributed by atoms with E-state index in [0.29, 0.717) is 0 Å². The monoisotopic (exact) mass is 291 g/mol. The van der Waals surface area contributed by atoms with Crippen molar-refractivity contribution < 1.29 is 0 Å². The number of allylic oxidation sites excluding steroid dienone is 1. The lowest BCUT2D eigenvalue weighted by Crippen LogP contribution is -2.31. The summed E-state index contributed by atoms with van der Waals surface area (Å²) >= 11 is 0. The number of hydrogen-bond acceptors (Lipinski definition) is 1. The molecule has 1 nitrogen and oxygen atoms in total. The van der Waals surface area contributed by atoms with Gasteiger partial charge in [-0.1, -0.05) is 69.8 Å². The second kappa shape index (κ2) is 5.64. The van der Waals surface area contributed by atoms with Crippen LogP contribution in [0.15, 0.2) is 60.8 Å². The van der Waals surface area contributed by atoms with Crippen LogP contribution >= 0.6 is 0 Å². The predicted octanol–water partition coefficient (Wildman–Crippen LogP) is 5.35. The van der Waals surface area contributed by atoms with E-state index in [2.05, 4.69) is 80.8 Å². The SMILES string of the molecule is C=C(N1Cc2ccccc2CCc2ccccc21)C(C)(C)C. The van der Waals surface area contributed by atoms with E-state index < -0.39 is 0 Å². The summed E-state index contributed by atoms with van der Waals surface area (Å²) in [5.74, 6) is 0. The normalized spacial score (nSPS) is 14.6. The molecule has 1 heteroatoms. The van der Waals surface area contributed by atoms with Gasteiger partial charge in [0.2, 0.25) is 0 Å². The predicted molar refractivity (Wildman–Crippen MR) is 95.1 cm³/mol. The first-order valence-corrected chi connectivity index (χ1v) is 8.08. The van der Waals surface area contributed by atoms with Crippen LogP contribution in [-0.2, 0) is 19.4 Å². The number of fused-ring (bicyclic) bond motifs is 2. The molecule has 0 amide bonds. The van der Waals surface area contributed by atoms with E-state index in [4.69, 9.17) is 0 Å². The zero-order valence-corrected chi connectivity index (χ0v) is 13.9. The van der Waals surface area contributed by atoms with Gasteiger partial charge in [-0.2, -0.15) is 0 Å². The van der Waals surface area contributed by atoms with Crippen LogP contribution in [-0.4, -0.2) is 0 Å². The van der Waals surface area contributed by atoms with Gasteiger partial charge in [0.15, 0.2) is 0 Å². The van der Waals surface area contributed by atoms with Gasteiger partial charge in [-0.25, -0.2) is 0 Å². The van der Waals surface area contributed by atoms with Gasteiger partial charge in [-0.3, -0.25) is 0 Å². The van der Waals surface area contributed by atoms with Crippen molar-refractivity contribution in [2.45, 2.75) is 40.2 Å². The molecule has 0 spiro atoms. The lowest BCUT2D eigenvalue weighted by atomic mass is 9.89. The zero-order valence-electron chi connectivity index (χ0n) is 13.9. The summed E-state index contributed by atoms with van der Waals surface area (Å²) < 4.78 is 0. The fourth-order valence-corrected chi connectivity index (χ4v) is 3.11. The summed E-state index contributed by atoms with van der Waals surface area (Å²) in [5.41, 5.74) is 6.85. The molecule has 0 unspecified atom stereocenters. The van der Waals surface area contributed by atoms with E-state index in [1.165, 1.54) is 28.1 Å². The van der Waals surface area contributed by atoms with E-state index in [9.17, 15) is 0 Å². The summed E-state index contributed by atoms with van der Waals surface area (Å²) in [4.78, 5) is 2.41. The fourth-order valence-electron chi connectivity index (χ4n) is 3.11. The van der Waals surface area contributed by atoms with Crippen LogP contribution < -0.4 is 4.90 Å². The Morgan fingerprint density at radius 3 is 2.09 bits per heavy atom. The zero-order chi connectivity index (χ0) is 15.7. The second-order valence-electron chi connectivity index (χ2n) is 7.18. The number of benzene rings is 2. The summed E-state index contributed by atoms with van der Waals surface area (Å²) in [7, 11) is 0. The highest BCUT2D eigenvalue weighted by atomic mass is 15.2. The maximum atomic E-state index is 4.42. The minimum atomic E-state index is 0.0568. The molecule has 22 heavy (non-hydrogen) atoms. The molecular formula is C21H25N. The van der Waals surface area contributed by atoms with Crippen LogP contribution in [0.2, 0.25) is 0 Å². The van der Waals surface area contributed by atoms with Gasteiger partial charge in [0.1, 0.15) is 0 Å². The van der Waals surface area contributed by atoms with E-state index in [1.807, 2.05) is 0 Å². The molecule has 0 bridgehead atoms. The van der Waals surface area contributed by atoms with E-state index in [-0.39, 0.29) is 5.41 Å². The van der Waals surface area contributed by atoms with Crippen LogP contribution in [0, 0.1) is 5.41 Å². The van der Waals surface area contributed by atoms with Crippen LogP contribution in [0.25, 0.3) is 0 Å². The lowest BCUT2D eigenvalue weighted by Gasteiger charge is -2.37. The molecular weight excluding hydrogens is 266 g/mol. The highest BCUT2D eigenvalue weighted by Crippen LogP contribution is 2.36. The van der Waals surface area contributed by atoms with Crippen molar-refractivity contribution >= 4 is 5.69 Å². The number of hydrogen-bond donors (Lipinski definition) is 0. The fraction of sp³-hybridized carbons (Fsp3) is 0.333. The van der Waals surface area contributed by atoms with E-state index >= 15 is 0 Å². The van der Waals surface area contributed by atoms with Crippen LogP contribution in [0.1, 0.15) is 37.5 Å². The summed E-state index contributed by atoms with van der Waals surface area (Å²) in [6, 6.07) is 17.6. The third kappa shape index (κ3) is 2.81. The maximum Gasteiger partial charge on any atom is 0.0481 e. The first kappa shape index (κ1) is 14.9. The molecule has 114 valence electrons. The molecule has 0 saturated carbocycles. The molecule has 0 radical (unpaired) electrons. The Hall–Kier alpha value is -2.02. The average molecular weight is 291 g/mol. The van der Waals surface area contributed by atoms with Gasteiger partial charge in [-0.05, 0) is 35.6 Å². The Labute approximate surface area is 134 Å². The van der Waals surface area contributed by atoms with Gasteiger partial charge in [0.05, 0.1) is 0 Å². The maximum absolute atomic E-state index is 4.42. The largest absolute Gasteiger partial charge is 0.341 e. The number of anilines is 1. The Balaban J connectivity index is 2.10. The number of rotatable bonds is 1. The summed E-state index contributed by atoms with van der Waals surface area (Å²) in [5, 5.41) is 0. The minimum absolute atomic E-state index is 0.0568. The molecule has 0 atom stereocenters. The Morgan fingerprint density at radius 2 is 1.41 bits per heavy atom. The first-order valence-electron chi connectivity index (χ1n) is 8.08. The highest BCUT2D eigenvalue weighted by molar-refractivity contribution is 5.60. The third-order valence-electron chi connectivity index (χ3n) is 4.58. The molecule has 0 aromatic heterocycles. The molecule has 0 fully saturated rings. The standard InChI is InChI=1S/C21H25N/c1-16(21(2,3)4)22-15-19-11-6-5-9-17(19)13-14-18-10-7-8-12-20(18)22/h5-12H,1,13-15H2,2-4H3. The van der Waals surface area contributed by atoms with Crippen molar-refractivity contribution in [2.75, 3.05) is 4.90 Å². The van der Waals surface area contributed by atoms with Gasteiger partial charge in [0, 0.05) is 23.3 Å². The minimum Gasteiger partial charge on any atom is -0.341 e. The second-order valence-corrected chi connectivity index (χ2v) is 7.18. The molecule has 1 aliphatic rings. The van der Waals surface area contributed by atoms with Crippen molar-refractivity contribution in [1.29, 1.82) is 0 Å². The van der Waals surface area contributed by atoms with Crippen LogP contribution in [0.3, 0.4) is 0 Å². The van der Waals surface area contributed by atoms with Crippen LogP contribution in [0.4, 0.5) is 5.69 Å². The summed E-state index contributed by atoms with van der Waals surface area (Å²) in [6.45, 7) is 12.0. The van der Waals surface area contributed by atoms with Crippen molar-refractivity contribution in [3.63, 3.8) is 0 Å². The average Bonchev–Trinajstić information content (AvgIpc) is 2.48. The van der Waals surface area contributed by atoms with E-state index in [1.54, 1.807) is 0 Å². The quantitative estimate of drug-likeness (QED) is 0.684. The molecule has 2 aromatic carbocycles. The van der Waals surface area contributed by atoms with Gasteiger partial charge < -0.3 is 4.90 Å². The molecule has 0 saturated heterocycles. The molecule has 0 aliphatic carbocycles. The number of nitrogens with zero attached hydrogens (tertiary/aromatic N) is 1. The topological polar surface area (TPSA) is 3.24 Å². The van der Waals surface area contributed by atoms with Gasteiger partial charge >= 0.3 is 0 Å².